The number of sulfonamides is 1. The molecule has 0 saturated carbocycles. The van der Waals surface area contributed by atoms with Gasteiger partial charge in [0.05, 0.1) is 5.75 Å². The Hall–Kier alpha value is -1.76. The summed E-state index contributed by atoms with van der Waals surface area (Å²) < 4.78 is 39.9. The van der Waals surface area contributed by atoms with Crippen molar-refractivity contribution in [1.29, 1.82) is 0 Å². The lowest BCUT2D eigenvalue weighted by Gasteiger charge is -2.34. The van der Waals surface area contributed by atoms with E-state index >= 15 is 0 Å². The van der Waals surface area contributed by atoms with Crippen LogP contribution in [-0.4, -0.2) is 50.3 Å². The van der Waals surface area contributed by atoms with Crippen LogP contribution in [0.3, 0.4) is 0 Å². The van der Waals surface area contributed by atoms with Gasteiger partial charge in [0.25, 0.3) is 0 Å². The molecule has 6 heteroatoms. The molecule has 3 rings (SSSR count). The monoisotopic (exact) mass is 376 g/mol. The summed E-state index contributed by atoms with van der Waals surface area (Å²) in [5, 5.41) is 0. The molecule has 140 valence electrons. The second kappa shape index (κ2) is 8.75. The molecule has 0 amide bonds. The van der Waals surface area contributed by atoms with Crippen LogP contribution >= 0.6 is 0 Å². The minimum absolute atomic E-state index is 0.0629. The van der Waals surface area contributed by atoms with Gasteiger partial charge in [-0.2, -0.15) is 4.31 Å². The SMILES string of the molecule is O=S(=O)(Cc1ccccc1)N1CCN(CCCc2cccc(F)c2)CC1. The molecule has 2 aromatic rings. The third-order valence-corrected chi connectivity index (χ3v) is 6.60. The van der Waals surface area contributed by atoms with Crippen molar-refractivity contribution in [1.82, 2.24) is 9.21 Å². The van der Waals surface area contributed by atoms with Crippen molar-refractivity contribution in [3.63, 3.8) is 0 Å². The van der Waals surface area contributed by atoms with Crippen LogP contribution < -0.4 is 0 Å². The standard InChI is InChI=1S/C20H25FN2O2S/c21-20-10-4-8-18(16-20)9-5-11-22-12-14-23(15-13-22)26(24,25)17-19-6-2-1-3-7-19/h1-4,6-8,10,16H,5,9,11-15,17H2. The third-order valence-electron chi connectivity index (χ3n) is 4.75. The fourth-order valence-electron chi connectivity index (χ4n) is 3.31. The number of hydrogen-bond donors (Lipinski definition) is 0. The van der Waals surface area contributed by atoms with Gasteiger partial charge in [0.15, 0.2) is 0 Å². The summed E-state index contributed by atoms with van der Waals surface area (Å²) in [5.41, 5.74) is 1.83. The van der Waals surface area contributed by atoms with Gasteiger partial charge in [0.1, 0.15) is 5.82 Å². The Kier molecular flexibility index (Phi) is 6.40. The number of rotatable bonds is 7. The number of nitrogens with zero attached hydrogens (tertiary/aromatic N) is 2. The van der Waals surface area contributed by atoms with Crippen molar-refractivity contribution >= 4 is 10.0 Å². The highest BCUT2D eigenvalue weighted by molar-refractivity contribution is 7.88. The summed E-state index contributed by atoms with van der Waals surface area (Å²) >= 11 is 0. The molecule has 1 aliphatic heterocycles. The second-order valence-electron chi connectivity index (χ2n) is 6.72. The normalized spacial score (nSPS) is 16.7. The van der Waals surface area contributed by atoms with Gasteiger partial charge >= 0.3 is 0 Å². The van der Waals surface area contributed by atoms with Gasteiger partial charge < -0.3 is 4.90 Å². The van der Waals surface area contributed by atoms with Gasteiger partial charge in [-0.15, -0.1) is 0 Å². The second-order valence-corrected chi connectivity index (χ2v) is 8.68. The molecule has 0 aromatic heterocycles. The molecule has 0 radical (unpaired) electrons. The highest BCUT2D eigenvalue weighted by Gasteiger charge is 2.26. The Morgan fingerprint density at radius 2 is 1.58 bits per heavy atom. The summed E-state index contributed by atoms with van der Waals surface area (Å²) in [6.07, 6.45) is 1.78. The van der Waals surface area contributed by atoms with E-state index in [-0.39, 0.29) is 11.6 Å². The lowest BCUT2D eigenvalue weighted by atomic mass is 10.1. The molecule has 0 atom stereocenters. The first-order valence-corrected chi connectivity index (χ1v) is 10.6. The molecule has 0 aliphatic carbocycles. The van der Waals surface area contributed by atoms with Gasteiger partial charge in [-0.05, 0) is 42.6 Å². The topological polar surface area (TPSA) is 40.6 Å². The fourth-order valence-corrected chi connectivity index (χ4v) is 4.82. The Labute approximate surface area is 155 Å². The summed E-state index contributed by atoms with van der Waals surface area (Å²) in [5.74, 6) is -0.132. The molecule has 0 spiro atoms. The van der Waals surface area contributed by atoms with Crippen molar-refractivity contribution in [2.24, 2.45) is 0 Å². The first-order chi connectivity index (χ1) is 12.5. The van der Waals surface area contributed by atoms with E-state index in [1.807, 2.05) is 36.4 Å². The van der Waals surface area contributed by atoms with E-state index in [0.717, 1.165) is 43.6 Å². The quantitative estimate of drug-likeness (QED) is 0.746. The number of aryl methyl sites for hydroxylation is 1. The molecule has 0 N–H and O–H groups in total. The zero-order valence-electron chi connectivity index (χ0n) is 14.9. The van der Waals surface area contributed by atoms with Crippen LogP contribution in [0, 0.1) is 5.82 Å². The molecular formula is C20H25FN2O2S. The van der Waals surface area contributed by atoms with Crippen molar-refractivity contribution in [3.05, 3.63) is 71.5 Å². The van der Waals surface area contributed by atoms with Gasteiger partial charge in [-0.25, -0.2) is 12.8 Å². The number of halogens is 1. The predicted molar refractivity (Wildman–Crippen MR) is 102 cm³/mol. The molecule has 2 aromatic carbocycles. The van der Waals surface area contributed by atoms with Crippen LogP contribution in [0.4, 0.5) is 4.39 Å². The van der Waals surface area contributed by atoms with Crippen LogP contribution in [0.1, 0.15) is 17.5 Å². The summed E-state index contributed by atoms with van der Waals surface area (Å²) in [4.78, 5) is 2.29. The van der Waals surface area contributed by atoms with E-state index in [0.29, 0.717) is 13.1 Å². The Bertz CT molecular complexity index is 804. The fraction of sp³-hybridized carbons (Fsp3) is 0.400. The molecule has 0 unspecified atom stereocenters. The zero-order valence-corrected chi connectivity index (χ0v) is 15.7. The number of piperazine rings is 1. The van der Waals surface area contributed by atoms with Gasteiger partial charge in [0.2, 0.25) is 10.0 Å². The Balaban J connectivity index is 1.43. The van der Waals surface area contributed by atoms with Crippen LogP contribution in [-0.2, 0) is 22.2 Å². The van der Waals surface area contributed by atoms with Crippen molar-refractivity contribution in [3.8, 4) is 0 Å². The third kappa shape index (κ3) is 5.37. The van der Waals surface area contributed by atoms with Crippen molar-refractivity contribution < 1.29 is 12.8 Å². The zero-order chi connectivity index (χ0) is 18.4. The molecular weight excluding hydrogens is 351 g/mol. The van der Waals surface area contributed by atoms with Crippen molar-refractivity contribution in [2.45, 2.75) is 18.6 Å². The van der Waals surface area contributed by atoms with E-state index < -0.39 is 10.0 Å². The molecule has 26 heavy (non-hydrogen) atoms. The maximum atomic E-state index is 13.2. The van der Waals surface area contributed by atoms with Crippen molar-refractivity contribution in [2.75, 3.05) is 32.7 Å². The Morgan fingerprint density at radius 3 is 2.27 bits per heavy atom. The van der Waals surface area contributed by atoms with E-state index in [1.165, 1.54) is 6.07 Å². The maximum Gasteiger partial charge on any atom is 0.218 e. The van der Waals surface area contributed by atoms with E-state index in [2.05, 4.69) is 4.90 Å². The van der Waals surface area contributed by atoms with Crippen LogP contribution in [0.15, 0.2) is 54.6 Å². The summed E-state index contributed by atoms with van der Waals surface area (Å²) in [6.45, 7) is 3.47. The molecule has 4 nitrogen and oxygen atoms in total. The van der Waals surface area contributed by atoms with E-state index in [4.69, 9.17) is 0 Å². The van der Waals surface area contributed by atoms with Crippen LogP contribution in [0.5, 0.6) is 0 Å². The predicted octanol–water partition coefficient (Wildman–Crippen LogP) is 2.91. The van der Waals surface area contributed by atoms with Gasteiger partial charge in [-0.3, -0.25) is 0 Å². The lowest BCUT2D eigenvalue weighted by molar-refractivity contribution is 0.186. The number of hydrogen-bond acceptors (Lipinski definition) is 3. The van der Waals surface area contributed by atoms with E-state index in [9.17, 15) is 12.8 Å². The summed E-state index contributed by atoms with van der Waals surface area (Å²) in [6, 6.07) is 16.0. The van der Waals surface area contributed by atoms with Gasteiger partial charge in [-0.1, -0.05) is 42.5 Å². The molecule has 0 bridgehead atoms. The first-order valence-electron chi connectivity index (χ1n) is 9.01. The molecule has 1 aliphatic rings. The molecule has 1 heterocycles. The smallest absolute Gasteiger partial charge is 0.218 e. The Morgan fingerprint density at radius 1 is 0.885 bits per heavy atom. The van der Waals surface area contributed by atoms with Gasteiger partial charge in [0, 0.05) is 26.2 Å². The first kappa shape index (κ1) is 19.0. The minimum atomic E-state index is -3.26. The largest absolute Gasteiger partial charge is 0.301 e. The van der Waals surface area contributed by atoms with Crippen LogP contribution in [0.25, 0.3) is 0 Å². The lowest BCUT2D eigenvalue weighted by Crippen LogP contribution is -2.49. The summed E-state index contributed by atoms with van der Waals surface area (Å²) in [7, 11) is -3.26. The number of benzene rings is 2. The van der Waals surface area contributed by atoms with Crippen LogP contribution in [0.2, 0.25) is 0 Å². The molecule has 1 fully saturated rings. The highest BCUT2D eigenvalue weighted by atomic mass is 32.2. The average Bonchev–Trinajstić information content (AvgIpc) is 2.63. The highest BCUT2D eigenvalue weighted by Crippen LogP contribution is 2.14. The average molecular weight is 376 g/mol. The maximum absolute atomic E-state index is 13.2. The molecule has 1 saturated heterocycles. The van der Waals surface area contributed by atoms with E-state index in [1.54, 1.807) is 16.4 Å². The minimum Gasteiger partial charge on any atom is -0.301 e.